The molecule has 0 aliphatic carbocycles. The van der Waals surface area contributed by atoms with E-state index in [1.54, 1.807) is 11.3 Å². The van der Waals surface area contributed by atoms with E-state index in [4.69, 9.17) is 4.74 Å². The molecule has 0 aliphatic heterocycles. The van der Waals surface area contributed by atoms with Crippen LogP contribution in [0.4, 0.5) is 0 Å². The molecule has 0 bridgehead atoms. The average Bonchev–Trinajstić information content (AvgIpc) is 3.10. The Balaban J connectivity index is 1.98. The molecule has 0 N–H and O–H groups in total. The van der Waals surface area contributed by atoms with Gasteiger partial charge in [-0.3, -0.25) is 4.79 Å². The summed E-state index contributed by atoms with van der Waals surface area (Å²) in [7, 11) is 0. The largest absolute Gasteiger partial charge is 0.483 e. The summed E-state index contributed by atoms with van der Waals surface area (Å²) < 4.78 is 5.84. The lowest BCUT2D eigenvalue weighted by Crippen LogP contribution is -2.34. The number of thiophene rings is 1. The minimum Gasteiger partial charge on any atom is -0.483 e. The van der Waals surface area contributed by atoms with Gasteiger partial charge in [-0.15, -0.1) is 11.3 Å². The van der Waals surface area contributed by atoms with Crippen molar-refractivity contribution in [3.8, 4) is 5.75 Å². The van der Waals surface area contributed by atoms with E-state index in [0.717, 1.165) is 12.2 Å². The van der Waals surface area contributed by atoms with Crippen LogP contribution in [0.5, 0.6) is 5.75 Å². The first-order valence-electron chi connectivity index (χ1n) is 8.17. The molecule has 1 heterocycles. The maximum atomic E-state index is 12.4. The van der Waals surface area contributed by atoms with E-state index in [2.05, 4.69) is 26.0 Å². The average molecular weight is 331 g/mol. The molecule has 0 radical (unpaired) electrons. The third-order valence-corrected chi connectivity index (χ3v) is 4.94. The minimum atomic E-state index is 0.0276. The molecule has 1 atom stereocenters. The lowest BCUT2D eigenvalue weighted by molar-refractivity contribution is -0.133. The standard InChI is InChI=1S/C19H25NO2S/c1-4-15(3)17-10-6-7-11-18(17)22-14-19(21)20(5-2)13-16-9-8-12-23-16/h6-12,15H,4-5,13-14H2,1-3H3. The highest BCUT2D eigenvalue weighted by Crippen LogP contribution is 2.28. The van der Waals surface area contributed by atoms with Gasteiger partial charge in [0.15, 0.2) is 6.61 Å². The lowest BCUT2D eigenvalue weighted by Gasteiger charge is -2.21. The van der Waals surface area contributed by atoms with Gasteiger partial charge < -0.3 is 9.64 Å². The first-order chi connectivity index (χ1) is 11.2. The molecule has 2 rings (SSSR count). The normalized spacial score (nSPS) is 12.0. The van der Waals surface area contributed by atoms with Crippen LogP contribution in [0.25, 0.3) is 0 Å². The Labute approximate surface area is 142 Å². The molecule has 0 spiro atoms. The smallest absolute Gasteiger partial charge is 0.260 e. The second-order valence-corrected chi connectivity index (χ2v) is 6.66. The van der Waals surface area contributed by atoms with Crippen molar-refractivity contribution in [2.24, 2.45) is 0 Å². The van der Waals surface area contributed by atoms with Crippen LogP contribution in [0.3, 0.4) is 0 Å². The van der Waals surface area contributed by atoms with Crippen molar-refractivity contribution < 1.29 is 9.53 Å². The van der Waals surface area contributed by atoms with Crippen LogP contribution in [-0.4, -0.2) is 24.0 Å². The molecule has 0 saturated heterocycles. The summed E-state index contributed by atoms with van der Waals surface area (Å²) in [6, 6.07) is 12.1. The van der Waals surface area contributed by atoms with Crippen LogP contribution in [0.15, 0.2) is 41.8 Å². The zero-order chi connectivity index (χ0) is 16.7. The predicted molar refractivity (Wildman–Crippen MR) is 96.1 cm³/mol. The second-order valence-electron chi connectivity index (χ2n) is 5.62. The number of hydrogen-bond donors (Lipinski definition) is 0. The Bertz CT molecular complexity index is 610. The van der Waals surface area contributed by atoms with Crippen molar-refractivity contribution in [1.82, 2.24) is 4.90 Å². The fourth-order valence-corrected chi connectivity index (χ4v) is 3.16. The summed E-state index contributed by atoms with van der Waals surface area (Å²) in [5.74, 6) is 1.27. The monoisotopic (exact) mass is 331 g/mol. The molecule has 124 valence electrons. The van der Waals surface area contributed by atoms with Crippen molar-refractivity contribution in [3.05, 3.63) is 52.2 Å². The van der Waals surface area contributed by atoms with E-state index in [-0.39, 0.29) is 12.5 Å². The molecule has 1 unspecified atom stereocenters. The molecule has 0 fully saturated rings. The number of ether oxygens (including phenoxy) is 1. The molecule has 3 nitrogen and oxygen atoms in total. The third kappa shape index (κ3) is 4.83. The molecular weight excluding hydrogens is 306 g/mol. The van der Waals surface area contributed by atoms with Crippen LogP contribution in [-0.2, 0) is 11.3 Å². The number of para-hydroxylation sites is 1. The number of nitrogens with zero attached hydrogens (tertiary/aromatic N) is 1. The number of amides is 1. The van der Waals surface area contributed by atoms with E-state index in [9.17, 15) is 4.79 Å². The molecule has 0 aliphatic rings. The number of likely N-dealkylation sites (N-methyl/N-ethyl adjacent to an activating group) is 1. The topological polar surface area (TPSA) is 29.5 Å². The van der Waals surface area contributed by atoms with E-state index in [0.29, 0.717) is 19.0 Å². The van der Waals surface area contributed by atoms with Crippen LogP contribution in [0.1, 0.15) is 43.6 Å². The molecular formula is C19H25NO2S. The third-order valence-electron chi connectivity index (χ3n) is 4.07. The van der Waals surface area contributed by atoms with E-state index in [1.165, 1.54) is 10.4 Å². The van der Waals surface area contributed by atoms with Gasteiger partial charge in [-0.1, -0.05) is 38.1 Å². The lowest BCUT2D eigenvalue weighted by atomic mass is 9.98. The van der Waals surface area contributed by atoms with E-state index < -0.39 is 0 Å². The van der Waals surface area contributed by atoms with Crippen molar-refractivity contribution >= 4 is 17.2 Å². The first kappa shape index (κ1) is 17.5. The SMILES string of the molecule is CCC(C)c1ccccc1OCC(=O)N(CC)Cc1cccs1. The zero-order valence-electron chi connectivity index (χ0n) is 14.1. The maximum absolute atomic E-state index is 12.4. The quantitative estimate of drug-likeness (QED) is 0.702. The van der Waals surface area contributed by atoms with Crippen LogP contribution >= 0.6 is 11.3 Å². The highest BCUT2D eigenvalue weighted by Gasteiger charge is 2.15. The second kappa shape index (κ2) is 8.73. The van der Waals surface area contributed by atoms with E-state index >= 15 is 0 Å². The van der Waals surface area contributed by atoms with Gasteiger partial charge in [0.2, 0.25) is 0 Å². The molecule has 1 amide bonds. The van der Waals surface area contributed by atoms with Gasteiger partial charge in [0.1, 0.15) is 5.75 Å². The van der Waals surface area contributed by atoms with Gasteiger partial charge in [0.25, 0.3) is 5.91 Å². The van der Waals surface area contributed by atoms with Crippen molar-refractivity contribution in [2.45, 2.75) is 39.7 Å². The molecule has 2 aromatic rings. The Morgan fingerprint density at radius 1 is 1.22 bits per heavy atom. The van der Waals surface area contributed by atoms with Crippen LogP contribution in [0.2, 0.25) is 0 Å². The number of carbonyl (C=O) groups excluding carboxylic acids is 1. The summed E-state index contributed by atoms with van der Waals surface area (Å²) in [4.78, 5) is 15.5. The molecule has 1 aromatic carbocycles. The fraction of sp³-hybridized carbons (Fsp3) is 0.421. The molecule has 0 saturated carbocycles. The minimum absolute atomic E-state index is 0.0276. The Morgan fingerprint density at radius 3 is 2.65 bits per heavy atom. The number of benzene rings is 1. The van der Waals surface area contributed by atoms with Gasteiger partial charge in [0, 0.05) is 11.4 Å². The Morgan fingerprint density at radius 2 is 2.00 bits per heavy atom. The summed E-state index contributed by atoms with van der Waals surface area (Å²) >= 11 is 1.67. The highest BCUT2D eigenvalue weighted by molar-refractivity contribution is 7.09. The van der Waals surface area contributed by atoms with Gasteiger partial charge in [-0.25, -0.2) is 0 Å². The van der Waals surface area contributed by atoms with Gasteiger partial charge in [-0.2, -0.15) is 0 Å². The number of hydrogen-bond acceptors (Lipinski definition) is 3. The summed E-state index contributed by atoms with van der Waals surface area (Å²) in [6.45, 7) is 7.77. The molecule has 4 heteroatoms. The fourth-order valence-electron chi connectivity index (χ4n) is 2.44. The van der Waals surface area contributed by atoms with Crippen LogP contribution < -0.4 is 4.74 Å². The molecule has 1 aromatic heterocycles. The van der Waals surface area contributed by atoms with Crippen LogP contribution in [0, 0.1) is 0 Å². The maximum Gasteiger partial charge on any atom is 0.260 e. The van der Waals surface area contributed by atoms with E-state index in [1.807, 2.05) is 41.5 Å². The Hall–Kier alpha value is -1.81. The van der Waals surface area contributed by atoms with Gasteiger partial charge >= 0.3 is 0 Å². The van der Waals surface area contributed by atoms with Crippen molar-refractivity contribution in [2.75, 3.05) is 13.2 Å². The van der Waals surface area contributed by atoms with Gasteiger partial charge in [0.05, 0.1) is 6.54 Å². The number of rotatable bonds is 8. The summed E-state index contributed by atoms with van der Waals surface area (Å²) in [5.41, 5.74) is 1.17. The Kier molecular flexibility index (Phi) is 6.66. The highest BCUT2D eigenvalue weighted by atomic mass is 32.1. The van der Waals surface area contributed by atoms with Crippen molar-refractivity contribution in [3.63, 3.8) is 0 Å². The predicted octanol–water partition coefficient (Wildman–Crippen LogP) is 4.69. The molecule has 23 heavy (non-hydrogen) atoms. The summed E-state index contributed by atoms with van der Waals surface area (Å²) in [6.07, 6.45) is 1.05. The van der Waals surface area contributed by atoms with Crippen molar-refractivity contribution in [1.29, 1.82) is 0 Å². The summed E-state index contributed by atoms with van der Waals surface area (Å²) in [5, 5.41) is 2.03. The first-order valence-corrected chi connectivity index (χ1v) is 9.05. The zero-order valence-corrected chi connectivity index (χ0v) is 14.9. The van der Waals surface area contributed by atoms with Gasteiger partial charge in [-0.05, 0) is 42.3 Å². The number of carbonyl (C=O) groups is 1.